The van der Waals surface area contributed by atoms with Gasteiger partial charge in [0.25, 0.3) is 5.91 Å². The van der Waals surface area contributed by atoms with Gasteiger partial charge in [-0.2, -0.15) is 0 Å². The highest BCUT2D eigenvalue weighted by Gasteiger charge is 2.20. The van der Waals surface area contributed by atoms with E-state index in [1.807, 2.05) is 11.4 Å². The van der Waals surface area contributed by atoms with Crippen LogP contribution in [0.25, 0.3) is 0 Å². The molecular formula is C15H20N2O2S. The van der Waals surface area contributed by atoms with Crippen molar-refractivity contribution in [3.63, 3.8) is 0 Å². The Bertz CT molecular complexity index is 497. The Hall–Kier alpha value is -1.35. The first kappa shape index (κ1) is 15.0. The summed E-state index contributed by atoms with van der Waals surface area (Å²) in [5, 5.41) is 4.77. The molecule has 0 bridgehead atoms. The van der Waals surface area contributed by atoms with E-state index in [0.29, 0.717) is 24.6 Å². The fraction of sp³-hybridized carbons (Fsp3) is 0.533. The molecule has 5 heteroatoms. The van der Waals surface area contributed by atoms with E-state index in [1.54, 1.807) is 0 Å². The largest absolute Gasteiger partial charge is 0.381 e. The zero-order chi connectivity index (χ0) is 14.2. The molecule has 4 nitrogen and oxygen atoms in total. The van der Waals surface area contributed by atoms with E-state index in [9.17, 15) is 4.79 Å². The molecule has 1 aromatic rings. The van der Waals surface area contributed by atoms with Crippen molar-refractivity contribution in [3.8, 4) is 11.8 Å². The van der Waals surface area contributed by atoms with Gasteiger partial charge in [0.05, 0.1) is 6.54 Å². The van der Waals surface area contributed by atoms with Gasteiger partial charge in [0.2, 0.25) is 0 Å². The summed E-state index contributed by atoms with van der Waals surface area (Å²) < 4.78 is 5.52. The molecule has 0 saturated heterocycles. The third-order valence-electron chi connectivity index (χ3n) is 3.00. The third-order valence-corrected chi connectivity index (χ3v) is 3.91. The summed E-state index contributed by atoms with van der Waals surface area (Å²) in [6, 6.07) is 1.85. The number of nitrogens with one attached hydrogen (secondary N) is 1. The van der Waals surface area contributed by atoms with Gasteiger partial charge in [-0.1, -0.05) is 11.8 Å². The molecule has 1 saturated carbocycles. The van der Waals surface area contributed by atoms with Crippen molar-refractivity contribution in [1.82, 2.24) is 5.32 Å². The molecule has 0 spiro atoms. The predicted octanol–water partition coefficient (Wildman–Crippen LogP) is 1.60. The van der Waals surface area contributed by atoms with Crippen LogP contribution < -0.4 is 11.1 Å². The lowest BCUT2D eigenvalue weighted by Gasteiger charge is -2.05. The van der Waals surface area contributed by atoms with Crippen molar-refractivity contribution >= 4 is 17.2 Å². The molecule has 108 valence electrons. The summed E-state index contributed by atoms with van der Waals surface area (Å²) >= 11 is 1.40. The smallest absolute Gasteiger partial charge is 0.262 e. The molecule has 1 heterocycles. The van der Waals surface area contributed by atoms with Crippen molar-refractivity contribution in [2.24, 2.45) is 11.7 Å². The van der Waals surface area contributed by atoms with Gasteiger partial charge in [0, 0.05) is 25.3 Å². The van der Waals surface area contributed by atoms with Crippen LogP contribution >= 0.6 is 11.3 Å². The van der Waals surface area contributed by atoms with Crippen LogP contribution in [0.3, 0.4) is 0 Å². The maximum Gasteiger partial charge on any atom is 0.262 e. The molecule has 0 unspecified atom stereocenters. The highest BCUT2D eigenvalue weighted by molar-refractivity contribution is 7.12. The summed E-state index contributed by atoms with van der Waals surface area (Å²) in [7, 11) is 0. The number of carbonyl (C=O) groups excluding carboxylic acids is 1. The lowest BCUT2D eigenvalue weighted by atomic mass is 10.2. The second-order valence-electron chi connectivity index (χ2n) is 4.80. The van der Waals surface area contributed by atoms with Gasteiger partial charge in [0.15, 0.2) is 0 Å². The van der Waals surface area contributed by atoms with Gasteiger partial charge in [-0.25, -0.2) is 0 Å². The number of amides is 1. The molecule has 0 radical (unpaired) electrons. The lowest BCUT2D eigenvalue weighted by Crippen LogP contribution is -2.25. The van der Waals surface area contributed by atoms with Crippen molar-refractivity contribution < 1.29 is 9.53 Å². The third kappa shape index (κ3) is 4.97. The summed E-state index contributed by atoms with van der Waals surface area (Å²) in [5.74, 6) is 6.41. The maximum atomic E-state index is 12.0. The van der Waals surface area contributed by atoms with Crippen LogP contribution in [0.2, 0.25) is 0 Å². The fourth-order valence-electron chi connectivity index (χ4n) is 1.72. The second-order valence-corrected chi connectivity index (χ2v) is 5.71. The van der Waals surface area contributed by atoms with E-state index in [0.717, 1.165) is 24.5 Å². The molecule has 2 rings (SSSR count). The van der Waals surface area contributed by atoms with Crippen LogP contribution in [0, 0.1) is 17.8 Å². The normalized spacial score (nSPS) is 13.7. The Morgan fingerprint density at radius 3 is 3.15 bits per heavy atom. The van der Waals surface area contributed by atoms with E-state index >= 15 is 0 Å². The number of hydrogen-bond donors (Lipinski definition) is 2. The Morgan fingerprint density at radius 2 is 2.40 bits per heavy atom. The Labute approximate surface area is 123 Å². The molecule has 1 aliphatic carbocycles. The van der Waals surface area contributed by atoms with Gasteiger partial charge in [-0.05, 0) is 36.6 Å². The first-order valence-electron chi connectivity index (χ1n) is 6.93. The highest BCUT2D eigenvalue weighted by Crippen LogP contribution is 2.28. The highest BCUT2D eigenvalue weighted by atomic mass is 32.1. The van der Waals surface area contributed by atoms with Gasteiger partial charge in [0.1, 0.15) is 4.88 Å². The quantitative estimate of drug-likeness (QED) is 0.593. The summed E-state index contributed by atoms with van der Waals surface area (Å²) in [6.45, 7) is 2.51. The molecule has 1 amide bonds. The van der Waals surface area contributed by atoms with Crippen LogP contribution in [0.15, 0.2) is 11.4 Å². The minimum absolute atomic E-state index is 0.0662. The zero-order valence-corrected chi connectivity index (χ0v) is 12.3. The number of ether oxygens (including phenoxy) is 1. The average Bonchev–Trinajstić information content (AvgIpc) is 3.16. The van der Waals surface area contributed by atoms with Crippen molar-refractivity contribution in [1.29, 1.82) is 0 Å². The molecule has 1 aliphatic rings. The zero-order valence-electron chi connectivity index (χ0n) is 11.5. The second kappa shape index (κ2) is 8.05. The van der Waals surface area contributed by atoms with E-state index in [2.05, 4.69) is 17.2 Å². The number of hydrogen-bond acceptors (Lipinski definition) is 4. The maximum absolute atomic E-state index is 12.0. The van der Waals surface area contributed by atoms with Crippen LogP contribution in [0.5, 0.6) is 0 Å². The monoisotopic (exact) mass is 292 g/mol. The Kier molecular flexibility index (Phi) is 6.06. The van der Waals surface area contributed by atoms with E-state index in [4.69, 9.17) is 10.5 Å². The minimum Gasteiger partial charge on any atom is -0.381 e. The van der Waals surface area contributed by atoms with Crippen molar-refractivity contribution in [2.75, 3.05) is 26.3 Å². The standard InChI is InChI=1S/C15H20N2O2S/c16-7-1-3-13-6-10-20-14(13)15(18)17-8-2-9-19-11-12-4-5-12/h6,10,12H,2,4-5,7-9,11,16H2,(H,17,18). The van der Waals surface area contributed by atoms with Crippen LogP contribution in [-0.2, 0) is 4.74 Å². The average molecular weight is 292 g/mol. The van der Waals surface area contributed by atoms with E-state index in [-0.39, 0.29) is 5.91 Å². The summed E-state index contributed by atoms with van der Waals surface area (Å²) in [5.41, 5.74) is 6.09. The van der Waals surface area contributed by atoms with Crippen molar-refractivity contribution in [3.05, 3.63) is 21.9 Å². The Balaban J connectivity index is 1.67. The molecule has 0 aliphatic heterocycles. The summed E-state index contributed by atoms with van der Waals surface area (Å²) in [4.78, 5) is 12.7. The number of nitrogens with two attached hydrogens (primary N) is 1. The molecule has 0 aromatic carbocycles. The molecule has 1 aromatic heterocycles. The molecule has 3 N–H and O–H groups in total. The molecule has 1 fully saturated rings. The molecular weight excluding hydrogens is 272 g/mol. The van der Waals surface area contributed by atoms with Crippen LogP contribution in [-0.4, -0.2) is 32.2 Å². The summed E-state index contributed by atoms with van der Waals surface area (Å²) in [6.07, 6.45) is 3.46. The number of rotatable bonds is 7. The molecule has 20 heavy (non-hydrogen) atoms. The van der Waals surface area contributed by atoms with Crippen LogP contribution in [0.4, 0.5) is 0 Å². The topological polar surface area (TPSA) is 64.4 Å². The van der Waals surface area contributed by atoms with E-state index < -0.39 is 0 Å². The van der Waals surface area contributed by atoms with Gasteiger partial charge in [-0.3, -0.25) is 4.79 Å². The van der Waals surface area contributed by atoms with Gasteiger partial charge >= 0.3 is 0 Å². The lowest BCUT2D eigenvalue weighted by molar-refractivity contribution is 0.0941. The van der Waals surface area contributed by atoms with Crippen LogP contribution in [0.1, 0.15) is 34.5 Å². The fourth-order valence-corrected chi connectivity index (χ4v) is 2.49. The molecule has 0 atom stereocenters. The minimum atomic E-state index is -0.0662. The Morgan fingerprint density at radius 1 is 1.55 bits per heavy atom. The first-order valence-corrected chi connectivity index (χ1v) is 7.81. The van der Waals surface area contributed by atoms with E-state index in [1.165, 1.54) is 24.2 Å². The first-order chi connectivity index (χ1) is 9.81. The SMILES string of the molecule is NCC#Cc1ccsc1C(=O)NCCCOCC1CC1. The van der Waals surface area contributed by atoms with Gasteiger partial charge in [-0.15, -0.1) is 11.3 Å². The van der Waals surface area contributed by atoms with Gasteiger partial charge < -0.3 is 15.8 Å². The van der Waals surface area contributed by atoms with Crippen molar-refractivity contribution in [2.45, 2.75) is 19.3 Å². The predicted molar refractivity (Wildman–Crippen MR) is 80.7 cm³/mol. The number of carbonyl (C=O) groups is 1. The number of thiophene rings is 1.